The van der Waals surface area contributed by atoms with E-state index in [-0.39, 0.29) is 5.78 Å². The van der Waals surface area contributed by atoms with Gasteiger partial charge < -0.3 is 0 Å². The molecule has 1 nitrogen and oxygen atoms in total. The summed E-state index contributed by atoms with van der Waals surface area (Å²) in [7, 11) is 0. The lowest BCUT2D eigenvalue weighted by Gasteiger charge is -2.04. The van der Waals surface area contributed by atoms with Crippen LogP contribution in [0.15, 0.2) is 18.2 Å². The number of aryl methyl sites for hydroxylation is 2. The van der Waals surface area contributed by atoms with Crippen molar-refractivity contribution in [2.75, 3.05) is 0 Å². The third-order valence-corrected chi connectivity index (χ3v) is 2.02. The van der Waals surface area contributed by atoms with Gasteiger partial charge in [0.2, 0.25) is 0 Å². The molecule has 0 aliphatic rings. The molecule has 0 spiro atoms. The largest absolute Gasteiger partial charge is 0.295 e. The summed E-state index contributed by atoms with van der Waals surface area (Å²) in [5.74, 6) is 0.159. The number of rotatable bonds is 2. The van der Waals surface area contributed by atoms with Gasteiger partial charge in [-0.05, 0) is 25.8 Å². The van der Waals surface area contributed by atoms with Gasteiger partial charge in [0.25, 0.3) is 0 Å². The zero-order valence-electron chi connectivity index (χ0n) is 9.85. The Morgan fingerprint density at radius 3 is 2.29 bits per heavy atom. The van der Waals surface area contributed by atoms with Gasteiger partial charge in [-0.25, -0.2) is 0 Å². The highest BCUT2D eigenvalue weighted by atomic mass is 16.1. The summed E-state index contributed by atoms with van der Waals surface area (Å²) < 4.78 is 0. The minimum absolute atomic E-state index is 0.159. The van der Waals surface area contributed by atoms with Crippen LogP contribution < -0.4 is 0 Å². The predicted molar refractivity (Wildman–Crippen MR) is 61.9 cm³/mol. The quantitative estimate of drug-likeness (QED) is 0.652. The molecule has 1 heteroatoms. The van der Waals surface area contributed by atoms with Gasteiger partial charge in [-0.15, -0.1) is 0 Å². The Morgan fingerprint density at radius 2 is 1.86 bits per heavy atom. The van der Waals surface area contributed by atoms with Crippen molar-refractivity contribution in [3.63, 3.8) is 0 Å². The molecule has 1 rings (SSSR count). The maximum atomic E-state index is 11.1. The molecule has 78 valence electrons. The maximum absolute atomic E-state index is 11.1. The van der Waals surface area contributed by atoms with Crippen LogP contribution in [0.1, 0.15) is 49.2 Å². The lowest BCUT2D eigenvalue weighted by molar-refractivity contribution is 0.101. The molecule has 0 aliphatic carbocycles. The van der Waals surface area contributed by atoms with Crippen molar-refractivity contribution >= 4 is 5.78 Å². The monoisotopic (exact) mass is 192 g/mol. The predicted octanol–water partition coefficient (Wildman–Crippen LogP) is 3.79. The zero-order valence-corrected chi connectivity index (χ0v) is 9.85. The summed E-state index contributed by atoms with van der Waals surface area (Å²) in [6.45, 7) is 9.73. The van der Waals surface area contributed by atoms with E-state index < -0.39 is 0 Å². The van der Waals surface area contributed by atoms with Crippen LogP contribution >= 0.6 is 0 Å². The lowest BCUT2D eigenvalue weighted by Crippen LogP contribution is -1.98. The van der Waals surface area contributed by atoms with Crippen LogP contribution in [0.3, 0.4) is 0 Å². The van der Waals surface area contributed by atoms with Crippen molar-refractivity contribution in [1.82, 2.24) is 0 Å². The summed E-state index contributed by atoms with van der Waals surface area (Å²) >= 11 is 0. The molecule has 0 saturated carbocycles. The van der Waals surface area contributed by atoms with Gasteiger partial charge in [-0.3, -0.25) is 4.79 Å². The zero-order chi connectivity index (χ0) is 11.1. The highest BCUT2D eigenvalue weighted by Crippen LogP contribution is 2.12. The van der Waals surface area contributed by atoms with E-state index in [1.165, 1.54) is 5.56 Å². The summed E-state index contributed by atoms with van der Waals surface area (Å²) in [6, 6.07) is 5.98. The van der Waals surface area contributed by atoms with E-state index in [0.29, 0.717) is 0 Å². The van der Waals surface area contributed by atoms with Crippen LogP contribution in [0.5, 0.6) is 0 Å². The molecular formula is C13H20O. The first-order valence-electron chi connectivity index (χ1n) is 5.25. The van der Waals surface area contributed by atoms with Crippen molar-refractivity contribution < 1.29 is 4.79 Å². The van der Waals surface area contributed by atoms with E-state index in [9.17, 15) is 4.79 Å². The second-order valence-corrected chi connectivity index (χ2v) is 3.07. The molecule has 14 heavy (non-hydrogen) atoms. The fourth-order valence-corrected chi connectivity index (χ4v) is 1.36. The molecule has 0 amide bonds. The van der Waals surface area contributed by atoms with Gasteiger partial charge >= 0.3 is 0 Å². The summed E-state index contributed by atoms with van der Waals surface area (Å²) in [4.78, 5) is 11.1. The van der Waals surface area contributed by atoms with Crippen molar-refractivity contribution in [2.24, 2.45) is 0 Å². The summed E-state index contributed by atoms with van der Waals surface area (Å²) in [5.41, 5.74) is 3.24. The van der Waals surface area contributed by atoms with E-state index in [1.807, 2.05) is 32.9 Å². The molecule has 0 heterocycles. The normalized spacial score (nSPS) is 8.93. The van der Waals surface area contributed by atoms with Crippen LogP contribution in [0.25, 0.3) is 0 Å². The number of hydrogen-bond acceptors (Lipinski definition) is 1. The first-order chi connectivity index (χ1) is 6.65. The van der Waals surface area contributed by atoms with Gasteiger partial charge in [0, 0.05) is 5.56 Å². The minimum atomic E-state index is 0.159. The van der Waals surface area contributed by atoms with Gasteiger partial charge in [-0.2, -0.15) is 0 Å². The molecule has 0 aliphatic heterocycles. The Balaban J connectivity index is 0.000000791. The van der Waals surface area contributed by atoms with Gasteiger partial charge in [0.05, 0.1) is 0 Å². The van der Waals surface area contributed by atoms with E-state index in [1.54, 1.807) is 6.92 Å². The average Bonchev–Trinajstić information content (AvgIpc) is 2.20. The highest BCUT2D eigenvalue weighted by molar-refractivity contribution is 5.95. The molecule has 0 N–H and O–H groups in total. The maximum Gasteiger partial charge on any atom is 0.160 e. The smallest absolute Gasteiger partial charge is 0.160 e. The van der Waals surface area contributed by atoms with Crippen LogP contribution in [-0.4, -0.2) is 5.78 Å². The SMILES string of the molecule is CC.CCc1cc(C)ccc1C(C)=O. The summed E-state index contributed by atoms with van der Waals surface area (Å²) in [6.07, 6.45) is 0.927. The molecule has 0 unspecified atom stereocenters. The first kappa shape index (κ1) is 12.9. The van der Waals surface area contributed by atoms with Crippen molar-refractivity contribution in [3.05, 3.63) is 34.9 Å². The molecule has 0 fully saturated rings. The topological polar surface area (TPSA) is 17.1 Å². The number of hydrogen-bond donors (Lipinski definition) is 0. The van der Waals surface area contributed by atoms with Gasteiger partial charge in [-0.1, -0.05) is 44.5 Å². The Labute approximate surface area is 87.2 Å². The van der Waals surface area contributed by atoms with Gasteiger partial charge in [0.15, 0.2) is 5.78 Å². The third kappa shape index (κ3) is 3.33. The van der Waals surface area contributed by atoms with E-state index in [0.717, 1.165) is 17.5 Å². The average molecular weight is 192 g/mol. The number of benzene rings is 1. The fraction of sp³-hybridized carbons (Fsp3) is 0.462. The van der Waals surface area contributed by atoms with Crippen LogP contribution in [0.4, 0.5) is 0 Å². The number of carbonyl (C=O) groups excluding carboxylic acids is 1. The van der Waals surface area contributed by atoms with Crippen LogP contribution in [-0.2, 0) is 6.42 Å². The van der Waals surface area contributed by atoms with E-state index in [4.69, 9.17) is 0 Å². The van der Waals surface area contributed by atoms with E-state index >= 15 is 0 Å². The minimum Gasteiger partial charge on any atom is -0.295 e. The van der Waals surface area contributed by atoms with Crippen molar-refractivity contribution in [1.29, 1.82) is 0 Å². The first-order valence-corrected chi connectivity index (χ1v) is 5.25. The standard InChI is InChI=1S/C11H14O.C2H6/c1-4-10-7-8(2)5-6-11(10)9(3)12;1-2/h5-7H,4H2,1-3H3;1-2H3. The summed E-state index contributed by atoms with van der Waals surface area (Å²) in [5, 5.41) is 0. The Hall–Kier alpha value is -1.11. The molecule has 0 aromatic heterocycles. The molecular weight excluding hydrogens is 172 g/mol. The fourth-order valence-electron chi connectivity index (χ4n) is 1.36. The lowest BCUT2D eigenvalue weighted by atomic mass is 10.00. The highest BCUT2D eigenvalue weighted by Gasteiger charge is 2.04. The number of Topliss-reactive ketones (excluding diaryl/α,β-unsaturated/α-hetero) is 1. The van der Waals surface area contributed by atoms with E-state index in [2.05, 4.69) is 13.0 Å². The Kier molecular flexibility index (Phi) is 5.86. The van der Waals surface area contributed by atoms with Gasteiger partial charge in [0.1, 0.15) is 0 Å². The Bertz CT molecular complexity index is 300. The Morgan fingerprint density at radius 1 is 1.29 bits per heavy atom. The molecule has 0 saturated heterocycles. The van der Waals surface area contributed by atoms with Crippen molar-refractivity contribution in [3.8, 4) is 0 Å². The molecule has 0 bridgehead atoms. The molecule has 0 atom stereocenters. The second kappa shape index (κ2) is 6.36. The molecule has 1 aromatic rings. The van der Waals surface area contributed by atoms with Crippen molar-refractivity contribution in [2.45, 2.75) is 41.0 Å². The molecule has 1 aromatic carbocycles. The third-order valence-electron chi connectivity index (χ3n) is 2.02. The van der Waals surface area contributed by atoms with Crippen LogP contribution in [0, 0.1) is 6.92 Å². The second-order valence-electron chi connectivity index (χ2n) is 3.07. The molecule has 0 radical (unpaired) electrons. The van der Waals surface area contributed by atoms with Crippen LogP contribution in [0.2, 0.25) is 0 Å². The number of carbonyl (C=O) groups is 1. The number of ketones is 1.